The van der Waals surface area contributed by atoms with Gasteiger partial charge in [0, 0.05) is 17.8 Å². The molecule has 1 aromatic carbocycles. The lowest BCUT2D eigenvalue weighted by molar-refractivity contribution is 0.585. The van der Waals surface area contributed by atoms with Crippen molar-refractivity contribution in [3.8, 4) is 17.3 Å². The van der Waals surface area contributed by atoms with Crippen LogP contribution in [0, 0.1) is 23.0 Å². The van der Waals surface area contributed by atoms with Crippen LogP contribution in [0.15, 0.2) is 36.5 Å². The third-order valence-corrected chi connectivity index (χ3v) is 2.11. The normalized spacial score (nSPS) is 9.81. The van der Waals surface area contributed by atoms with Crippen LogP contribution in [0.1, 0.15) is 5.56 Å². The highest BCUT2D eigenvalue weighted by Crippen LogP contribution is 2.24. The molecule has 1 aromatic heterocycles. The van der Waals surface area contributed by atoms with E-state index in [4.69, 9.17) is 5.26 Å². The predicted molar refractivity (Wildman–Crippen MR) is 54.3 cm³/mol. The third kappa shape index (κ3) is 1.75. The van der Waals surface area contributed by atoms with E-state index in [0.717, 1.165) is 12.1 Å². The number of pyridine rings is 1. The molecule has 0 saturated heterocycles. The van der Waals surface area contributed by atoms with Crippen LogP contribution in [-0.2, 0) is 0 Å². The van der Waals surface area contributed by atoms with Crippen molar-refractivity contribution in [1.29, 1.82) is 5.26 Å². The molecule has 0 spiro atoms. The molecule has 2 nitrogen and oxygen atoms in total. The summed E-state index contributed by atoms with van der Waals surface area (Å²) in [7, 11) is 0. The van der Waals surface area contributed by atoms with E-state index >= 15 is 0 Å². The molecule has 16 heavy (non-hydrogen) atoms. The number of benzene rings is 1. The Morgan fingerprint density at radius 1 is 1.19 bits per heavy atom. The molecular weight excluding hydrogens is 210 g/mol. The summed E-state index contributed by atoms with van der Waals surface area (Å²) in [6.07, 6.45) is 1.46. The molecule has 2 rings (SSSR count). The molecule has 4 heteroatoms. The van der Waals surface area contributed by atoms with E-state index in [1.54, 1.807) is 6.07 Å². The summed E-state index contributed by atoms with van der Waals surface area (Å²) in [6.45, 7) is 0. The van der Waals surface area contributed by atoms with E-state index < -0.39 is 11.6 Å². The Bertz CT molecular complexity index is 573. The molecule has 2 aromatic rings. The molecule has 0 N–H and O–H groups in total. The van der Waals surface area contributed by atoms with Crippen LogP contribution in [-0.4, -0.2) is 4.98 Å². The molecule has 1 heterocycles. The molecule has 0 aliphatic carbocycles. The maximum absolute atomic E-state index is 13.5. The minimum Gasteiger partial charge on any atom is -0.255 e. The van der Waals surface area contributed by atoms with Crippen molar-refractivity contribution in [2.45, 2.75) is 0 Å². The lowest BCUT2D eigenvalue weighted by Crippen LogP contribution is -1.92. The second kappa shape index (κ2) is 4.07. The van der Waals surface area contributed by atoms with Gasteiger partial charge in [0.25, 0.3) is 0 Å². The van der Waals surface area contributed by atoms with Crippen molar-refractivity contribution < 1.29 is 8.78 Å². The fourth-order valence-electron chi connectivity index (χ4n) is 1.39. The Hall–Kier alpha value is -2.28. The highest BCUT2D eigenvalue weighted by molar-refractivity contribution is 5.66. The van der Waals surface area contributed by atoms with Gasteiger partial charge in [-0.2, -0.15) is 5.26 Å². The molecule has 0 unspecified atom stereocenters. The average molecular weight is 216 g/mol. The summed E-state index contributed by atoms with van der Waals surface area (Å²) in [5, 5.41) is 8.84. The number of hydrogen-bond donors (Lipinski definition) is 0. The first kappa shape index (κ1) is 10.2. The summed E-state index contributed by atoms with van der Waals surface area (Å²) in [5.74, 6) is -1.38. The van der Waals surface area contributed by atoms with Gasteiger partial charge in [-0.05, 0) is 24.3 Å². The molecule has 0 fully saturated rings. The van der Waals surface area contributed by atoms with Gasteiger partial charge in [0.05, 0.1) is 11.3 Å². The number of nitrogens with zero attached hydrogens (tertiary/aromatic N) is 2. The molecule has 0 aliphatic rings. The van der Waals surface area contributed by atoms with Crippen molar-refractivity contribution in [2.24, 2.45) is 0 Å². The summed E-state index contributed by atoms with van der Waals surface area (Å²) in [6, 6.07) is 8.21. The lowest BCUT2D eigenvalue weighted by Gasteiger charge is -2.03. The Balaban J connectivity index is 2.64. The molecule has 0 amide bonds. The van der Waals surface area contributed by atoms with Gasteiger partial charge in [-0.15, -0.1) is 0 Å². The van der Waals surface area contributed by atoms with Gasteiger partial charge >= 0.3 is 0 Å². The molecule has 0 saturated carbocycles. The quantitative estimate of drug-likeness (QED) is 0.734. The first-order chi connectivity index (χ1) is 7.72. The Morgan fingerprint density at radius 2 is 2.00 bits per heavy atom. The van der Waals surface area contributed by atoms with Crippen molar-refractivity contribution in [3.63, 3.8) is 0 Å². The largest absolute Gasteiger partial charge is 0.255 e. The van der Waals surface area contributed by atoms with E-state index in [0.29, 0.717) is 0 Å². The molecular formula is C12H6F2N2. The summed E-state index contributed by atoms with van der Waals surface area (Å²) in [5.41, 5.74) is 0.606. The van der Waals surface area contributed by atoms with E-state index in [9.17, 15) is 8.78 Å². The second-order valence-corrected chi connectivity index (χ2v) is 3.14. The topological polar surface area (TPSA) is 36.7 Å². The van der Waals surface area contributed by atoms with Gasteiger partial charge in [0.1, 0.15) is 17.7 Å². The van der Waals surface area contributed by atoms with Crippen LogP contribution >= 0.6 is 0 Å². The molecule has 0 radical (unpaired) electrons. The Labute approximate surface area is 90.8 Å². The standard InChI is InChI=1S/C12H6F2N2/c13-9-3-4-10(11(14)6-9)12-8(7-15)2-1-5-16-12/h1-6H. The van der Waals surface area contributed by atoms with E-state index in [1.165, 1.54) is 18.3 Å². The third-order valence-electron chi connectivity index (χ3n) is 2.11. The predicted octanol–water partition coefficient (Wildman–Crippen LogP) is 2.90. The Morgan fingerprint density at radius 3 is 2.69 bits per heavy atom. The maximum Gasteiger partial charge on any atom is 0.135 e. The van der Waals surface area contributed by atoms with Gasteiger partial charge in [-0.1, -0.05) is 0 Å². The monoisotopic (exact) mass is 216 g/mol. The van der Waals surface area contributed by atoms with Gasteiger partial charge in [-0.25, -0.2) is 8.78 Å². The average Bonchev–Trinajstić information content (AvgIpc) is 2.29. The summed E-state index contributed by atoms with van der Waals surface area (Å²) in [4.78, 5) is 3.93. The number of nitriles is 1. The number of rotatable bonds is 1. The Kier molecular flexibility index (Phi) is 2.61. The van der Waals surface area contributed by atoms with Gasteiger partial charge in [0.15, 0.2) is 0 Å². The first-order valence-electron chi connectivity index (χ1n) is 4.53. The van der Waals surface area contributed by atoms with Crippen LogP contribution < -0.4 is 0 Å². The van der Waals surface area contributed by atoms with Gasteiger partial charge < -0.3 is 0 Å². The highest BCUT2D eigenvalue weighted by Gasteiger charge is 2.11. The van der Waals surface area contributed by atoms with E-state index in [2.05, 4.69) is 4.98 Å². The first-order valence-corrected chi connectivity index (χ1v) is 4.53. The zero-order chi connectivity index (χ0) is 11.5. The van der Waals surface area contributed by atoms with E-state index in [-0.39, 0.29) is 16.8 Å². The highest BCUT2D eigenvalue weighted by atomic mass is 19.1. The van der Waals surface area contributed by atoms with Crippen molar-refractivity contribution in [2.75, 3.05) is 0 Å². The van der Waals surface area contributed by atoms with Crippen molar-refractivity contribution in [3.05, 3.63) is 53.7 Å². The summed E-state index contributed by atoms with van der Waals surface area (Å²) < 4.78 is 26.2. The fourth-order valence-corrected chi connectivity index (χ4v) is 1.39. The van der Waals surface area contributed by atoms with Crippen LogP contribution in [0.4, 0.5) is 8.78 Å². The van der Waals surface area contributed by atoms with Crippen molar-refractivity contribution >= 4 is 0 Å². The fraction of sp³-hybridized carbons (Fsp3) is 0. The minimum absolute atomic E-state index is 0.124. The van der Waals surface area contributed by atoms with Crippen LogP contribution in [0.3, 0.4) is 0 Å². The number of hydrogen-bond acceptors (Lipinski definition) is 2. The van der Waals surface area contributed by atoms with Crippen LogP contribution in [0.5, 0.6) is 0 Å². The minimum atomic E-state index is -0.727. The lowest BCUT2D eigenvalue weighted by atomic mass is 10.1. The number of aromatic nitrogens is 1. The zero-order valence-electron chi connectivity index (χ0n) is 8.11. The number of halogens is 2. The SMILES string of the molecule is N#Cc1cccnc1-c1ccc(F)cc1F. The molecule has 0 bridgehead atoms. The van der Waals surface area contributed by atoms with Crippen LogP contribution in [0.2, 0.25) is 0 Å². The maximum atomic E-state index is 13.5. The summed E-state index contributed by atoms with van der Waals surface area (Å²) >= 11 is 0. The van der Waals surface area contributed by atoms with Crippen LogP contribution in [0.25, 0.3) is 11.3 Å². The van der Waals surface area contributed by atoms with Gasteiger partial charge in [0.2, 0.25) is 0 Å². The molecule has 78 valence electrons. The molecule has 0 aliphatic heterocycles. The smallest absolute Gasteiger partial charge is 0.135 e. The van der Waals surface area contributed by atoms with Crippen molar-refractivity contribution in [1.82, 2.24) is 4.98 Å². The van der Waals surface area contributed by atoms with E-state index in [1.807, 2.05) is 6.07 Å². The van der Waals surface area contributed by atoms with Gasteiger partial charge in [-0.3, -0.25) is 4.98 Å². The second-order valence-electron chi connectivity index (χ2n) is 3.14. The molecule has 0 atom stereocenters. The zero-order valence-corrected chi connectivity index (χ0v) is 8.11.